The Labute approximate surface area is 193 Å². The molecule has 0 saturated heterocycles. The summed E-state index contributed by atoms with van der Waals surface area (Å²) in [6.45, 7) is 4.23. The molecule has 0 unspecified atom stereocenters. The van der Waals surface area contributed by atoms with Crippen LogP contribution in [0.4, 0.5) is 0 Å². The average molecular weight is 443 g/mol. The number of nitrogens with zero attached hydrogens (tertiary/aromatic N) is 2. The van der Waals surface area contributed by atoms with Crippen molar-refractivity contribution in [2.24, 2.45) is 5.92 Å². The maximum Gasteiger partial charge on any atom is 0.212 e. The highest BCUT2D eigenvalue weighted by molar-refractivity contribution is 5.83. The summed E-state index contributed by atoms with van der Waals surface area (Å²) in [6, 6.07) is 21.3. The number of methoxy groups -OCH3 is 1. The molecule has 0 atom stereocenters. The van der Waals surface area contributed by atoms with Gasteiger partial charge in [0.1, 0.15) is 23.8 Å². The standard InChI is InChI=1S/C27H26N2O4/c1-18(2)23(30)15-25-29-26(21-11-14-24(31-3)28-16-21)27(33-25)20-9-12-22(13-10-20)32-17-19-7-5-4-6-8-19/h4-14,16,18H,15,17H2,1-3H3. The third-order valence-electron chi connectivity index (χ3n) is 5.22. The fourth-order valence-corrected chi connectivity index (χ4v) is 3.27. The zero-order valence-electron chi connectivity index (χ0n) is 18.9. The quantitative estimate of drug-likeness (QED) is 0.328. The largest absolute Gasteiger partial charge is 0.489 e. The summed E-state index contributed by atoms with van der Waals surface area (Å²) in [7, 11) is 1.57. The first-order chi connectivity index (χ1) is 16.0. The number of aromatic nitrogens is 2. The maximum atomic E-state index is 12.3. The van der Waals surface area contributed by atoms with E-state index in [9.17, 15) is 4.79 Å². The number of Topliss-reactive ketones (excluding diaryl/α,β-unsaturated/α-hetero) is 1. The monoisotopic (exact) mass is 442 g/mol. The van der Waals surface area contributed by atoms with Crippen molar-refractivity contribution in [1.82, 2.24) is 9.97 Å². The van der Waals surface area contributed by atoms with Gasteiger partial charge in [-0.3, -0.25) is 4.79 Å². The number of hydrogen-bond acceptors (Lipinski definition) is 6. The normalized spacial score (nSPS) is 10.9. The molecule has 33 heavy (non-hydrogen) atoms. The number of carbonyl (C=O) groups excluding carboxylic acids is 1. The van der Waals surface area contributed by atoms with Gasteiger partial charge in [-0.25, -0.2) is 9.97 Å². The Kier molecular flexibility index (Phi) is 6.83. The van der Waals surface area contributed by atoms with Crippen LogP contribution >= 0.6 is 0 Å². The first-order valence-electron chi connectivity index (χ1n) is 10.8. The van der Waals surface area contributed by atoms with E-state index in [1.54, 1.807) is 19.4 Å². The summed E-state index contributed by atoms with van der Waals surface area (Å²) >= 11 is 0. The zero-order chi connectivity index (χ0) is 23.2. The van der Waals surface area contributed by atoms with Gasteiger partial charge in [-0.15, -0.1) is 0 Å². The lowest BCUT2D eigenvalue weighted by Crippen LogP contribution is -2.10. The van der Waals surface area contributed by atoms with Crippen LogP contribution in [0.15, 0.2) is 77.3 Å². The van der Waals surface area contributed by atoms with Gasteiger partial charge < -0.3 is 13.9 Å². The molecule has 2 aromatic heterocycles. The molecule has 6 heteroatoms. The van der Waals surface area contributed by atoms with Gasteiger partial charge in [-0.2, -0.15) is 0 Å². The van der Waals surface area contributed by atoms with Crippen LogP contribution in [0.5, 0.6) is 11.6 Å². The molecule has 0 fully saturated rings. The molecule has 0 aliphatic rings. The first-order valence-corrected chi connectivity index (χ1v) is 10.8. The van der Waals surface area contributed by atoms with Crippen LogP contribution in [0.3, 0.4) is 0 Å². The van der Waals surface area contributed by atoms with Gasteiger partial charge >= 0.3 is 0 Å². The molecule has 0 bridgehead atoms. The Morgan fingerprint density at radius 3 is 2.33 bits per heavy atom. The van der Waals surface area contributed by atoms with E-state index in [1.807, 2.05) is 74.5 Å². The number of pyridine rings is 1. The fourth-order valence-electron chi connectivity index (χ4n) is 3.27. The van der Waals surface area contributed by atoms with Crippen LogP contribution in [0.1, 0.15) is 25.3 Å². The molecule has 0 saturated carbocycles. The molecule has 0 aliphatic carbocycles. The highest BCUT2D eigenvalue weighted by atomic mass is 16.5. The lowest BCUT2D eigenvalue weighted by Gasteiger charge is -2.07. The minimum atomic E-state index is -0.0903. The molecular formula is C27H26N2O4. The predicted molar refractivity (Wildman–Crippen MR) is 126 cm³/mol. The predicted octanol–water partition coefficient (Wildman–Crippen LogP) is 5.76. The molecule has 4 aromatic rings. The highest BCUT2D eigenvalue weighted by Gasteiger charge is 2.20. The number of ketones is 1. The summed E-state index contributed by atoms with van der Waals surface area (Å²) in [6.07, 6.45) is 1.83. The second-order valence-corrected chi connectivity index (χ2v) is 7.97. The Morgan fingerprint density at radius 1 is 0.970 bits per heavy atom. The molecule has 0 radical (unpaired) electrons. The van der Waals surface area contributed by atoms with E-state index >= 15 is 0 Å². The second kappa shape index (κ2) is 10.1. The molecule has 168 valence electrons. The molecule has 0 amide bonds. The van der Waals surface area contributed by atoms with Crippen LogP contribution in [0.25, 0.3) is 22.6 Å². The minimum Gasteiger partial charge on any atom is -0.489 e. The van der Waals surface area contributed by atoms with Crippen molar-refractivity contribution in [3.63, 3.8) is 0 Å². The third kappa shape index (κ3) is 5.47. The molecule has 0 spiro atoms. The van der Waals surface area contributed by atoms with Crippen LogP contribution in [-0.2, 0) is 17.8 Å². The van der Waals surface area contributed by atoms with E-state index in [2.05, 4.69) is 9.97 Å². The Morgan fingerprint density at radius 2 is 1.70 bits per heavy atom. The average Bonchev–Trinajstić information content (AvgIpc) is 3.27. The van der Waals surface area contributed by atoms with Gasteiger partial charge in [0.15, 0.2) is 5.76 Å². The Bertz CT molecular complexity index is 1200. The lowest BCUT2D eigenvalue weighted by atomic mass is 10.1. The molecule has 6 nitrogen and oxygen atoms in total. The maximum absolute atomic E-state index is 12.3. The summed E-state index contributed by atoms with van der Waals surface area (Å²) in [4.78, 5) is 21.2. The van der Waals surface area contributed by atoms with Crippen molar-refractivity contribution < 1.29 is 18.7 Å². The molecule has 0 aliphatic heterocycles. The second-order valence-electron chi connectivity index (χ2n) is 7.97. The summed E-state index contributed by atoms with van der Waals surface area (Å²) in [5.74, 6) is 2.23. The van der Waals surface area contributed by atoms with E-state index < -0.39 is 0 Å². The number of rotatable bonds is 9. The molecule has 2 aromatic carbocycles. The minimum absolute atomic E-state index is 0.0758. The number of hydrogen-bond donors (Lipinski definition) is 0. The summed E-state index contributed by atoms with van der Waals surface area (Å²) in [5, 5.41) is 0. The van der Waals surface area contributed by atoms with Gasteiger partial charge in [0.25, 0.3) is 0 Å². The van der Waals surface area contributed by atoms with E-state index in [-0.39, 0.29) is 18.1 Å². The SMILES string of the molecule is COc1ccc(-c2nc(CC(=O)C(C)C)oc2-c2ccc(OCc3ccccc3)cc2)cn1. The number of carbonyl (C=O) groups is 1. The van der Waals surface area contributed by atoms with E-state index in [0.717, 1.165) is 22.4 Å². The van der Waals surface area contributed by atoms with Crippen LogP contribution in [-0.4, -0.2) is 22.9 Å². The van der Waals surface area contributed by atoms with Crippen molar-refractivity contribution >= 4 is 5.78 Å². The zero-order valence-corrected chi connectivity index (χ0v) is 18.9. The van der Waals surface area contributed by atoms with Gasteiger partial charge in [-0.1, -0.05) is 44.2 Å². The third-order valence-corrected chi connectivity index (χ3v) is 5.22. The van der Waals surface area contributed by atoms with E-state index in [1.165, 1.54) is 0 Å². The van der Waals surface area contributed by atoms with Crippen LogP contribution in [0.2, 0.25) is 0 Å². The van der Waals surface area contributed by atoms with Crippen molar-refractivity contribution in [1.29, 1.82) is 0 Å². The van der Waals surface area contributed by atoms with Crippen LogP contribution in [0, 0.1) is 5.92 Å². The molecular weight excluding hydrogens is 416 g/mol. The lowest BCUT2D eigenvalue weighted by molar-refractivity contribution is -0.121. The van der Waals surface area contributed by atoms with E-state index in [0.29, 0.717) is 29.8 Å². The Balaban J connectivity index is 1.61. The summed E-state index contributed by atoms with van der Waals surface area (Å²) in [5.41, 5.74) is 3.35. The topological polar surface area (TPSA) is 74.5 Å². The smallest absolute Gasteiger partial charge is 0.212 e. The van der Waals surface area contributed by atoms with Crippen molar-refractivity contribution in [3.8, 4) is 34.2 Å². The number of oxazole rings is 1. The molecule has 4 rings (SSSR count). The van der Waals surface area contributed by atoms with Gasteiger partial charge in [0.2, 0.25) is 11.8 Å². The summed E-state index contributed by atoms with van der Waals surface area (Å²) < 4.78 is 17.1. The van der Waals surface area contributed by atoms with E-state index in [4.69, 9.17) is 13.9 Å². The number of benzene rings is 2. The first kappa shape index (κ1) is 22.3. The molecule has 0 N–H and O–H groups in total. The highest BCUT2D eigenvalue weighted by Crippen LogP contribution is 2.34. The number of ether oxygens (including phenoxy) is 2. The van der Waals surface area contributed by atoms with Crippen molar-refractivity contribution in [2.75, 3.05) is 7.11 Å². The fraction of sp³-hybridized carbons (Fsp3) is 0.222. The molecule has 2 heterocycles. The van der Waals surface area contributed by atoms with Gasteiger partial charge in [0.05, 0.1) is 13.5 Å². The Hall–Kier alpha value is -3.93. The van der Waals surface area contributed by atoms with Crippen molar-refractivity contribution in [2.45, 2.75) is 26.9 Å². The van der Waals surface area contributed by atoms with Gasteiger partial charge in [0, 0.05) is 29.3 Å². The van der Waals surface area contributed by atoms with Crippen molar-refractivity contribution in [3.05, 3.63) is 84.4 Å². The van der Waals surface area contributed by atoms with Crippen LogP contribution < -0.4 is 9.47 Å². The van der Waals surface area contributed by atoms with Gasteiger partial charge in [-0.05, 0) is 35.9 Å².